The van der Waals surface area contributed by atoms with E-state index >= 15 is 0 Å². The van der Waals surface area contributed by atoms with Crippen molar-refractivity contribution in [3.63, 3.8) is 0 Å². The third kappa shape index (κ3) is 2.01. The van der Waals surface area contributed by atoms with E-state index in [-0.39, 0.29) is 0 Å². The number of furan rings is 1. The number of nitrogens with one attached hydrogen (secondary N) is 1. The first-order chi connectivity index (χ1) is 6.85. The van der Waals surface area contributed by atoms with Gasteiger partial charge in [-0.05, 0) is 37.4 Å². The van der Waals surface area contributed by atoms with Gasteiger partial charge in [-0.15, -0.1) is 0 Å². The summed E-state index contributed by atoms with van der Waals surface area (Å²) in [5.41, 5.74) is 0. The molecule has 1 fully saturated rings. The van der Waals surface area contributed by atoms with Gasteiger partial charge in [-0.25, -0.2) is 0 Å². The van der Waals surface area contributed by atoms with E-state index in [9.17, 15) is 0 Å². The van der Waals surface area contributed by atoms with Crippen molar-refractivity contribution in [1.82, 2.24) is 5.32 Å². The first kappa shape index (κ1) is 9.78. The summed E-state index contributed by atoms with van der Waals surface area (Å²) >= 11 is 0. The van der Waals surface area contributed by atoms with Gasteiger partial charge in [0.15, 0.2) is 0 Å². The van der Waals surface area contributed by atoms with Crippen LogP contribution in [0.1, 0.15) is 44.3 Å². The summed E-state index contributed by atoms with van der Waals surface area (Å²) in [5.74, 6) is 3.04. The largest absolute Gasteiger partial charge is 0.464 e. The highest BCUT2D eigenvalue weighted by Crippen LogP contribution is 2.41. The minimum atomic E-state index is 0.459. The molecule has 0 amide bonds. The van der Waals surface area contributed by atoms with Gasteiger partial charge in [0, 0.05) is 6.42 Å². The van der Waals surface area contributed by atoms with E-state index in [1.807, 2.05) is 0 Å². The fourth-order valence-corrected chi connectivity index (χ4v) is 1.90. The van der Waals surface area contributed by atoms with Gasteiger partial charge in [0.1, 0.15) is 11.5 Å². The van der Waals surface area contributed by atoms with Crippen LogP contribution < -0.4 is 5.32 Å². The molecule has 2 nitrogen and oxygen atoms in total. The highest BCUT2D eigenvalue weighted by molar-refractivity contribution is 5.13. The van der Waals surface area contributed by atoms with Crippen LogP contribution in [0.4, 0.5) is 0 Å². The molecule has 1 N–H and O–H groups in total. The first-order valence-corrected chi connectivity index (χ1v) is 5.67. The highest BCUT2D eigenvalue weighted by atomic mass is 16.3. The maximum atomic E-state index is 5.79. The molecule has 1 aliphatic carbocycles. The second-order valence-corrected chi connectivity index (χ2v) is 4.03. The van der Waals surface area contributed by atoms with Gasteiger partial charge in [0.25, 0.3) is 0 Å². The molecule has 0 saturated heterocycles. The zero-order valence-corrected chi connectivity index (χ0v) is 9.05. The van der Waals surface area contributed by atoms with E-state index in [0.29, 0.717) is 6.04 Å². The smallest absolute Gasteiger partial charge is 0.121 e. The van der Waals surface area contributed by atoms with Gasteiger partial charge >= 0.3 is 0 Å². The molecule has 1 saturated carbocycles. The number of rotatable bonds is 5. The number of aryl methyl sites for hydroxylation is 1. The molecular weight excluding hydrogens is 174 g/mol. The van der Waals surface area contributed by atoms with Crippen molar-refractivity contribution in [2.24, 2.45) is 5.92 Å². The Labute approximate surface area is 85.7 Å². The Morgan fingerprint density at radius 1 is 1.43 bits per heavy atom. The summed E-state index contributed by atoms with van der Waals surface area (Å²) in [5, 5.41) is 3.50. The van der Waals surface area contributed by atoms with E-state index in [1.54, 1.807) is 0 Å². The lowest BCUT2D eigenvalue weighted by Gasteiger charge is -2.14. The van der Waals surface area contributed by atoms with Crippen LogP contribution in [0.3, 0.4) is 0 Å². The van der Waals surface area contributed by atoms with Crippen LogP contribution in [0.5, 0.6) is 0 Å². The molecule has 0 spiro atoms. The Morgan fingerprint density at radius 3 is 2.71 bits per heavy atom. The molecule has 0 aliphatic heterocycles. The van der Waals surface area contributed by atoms with Crippen molar-refractivity contribution in [2.45, 2.75) is 39.2 Å². The first-order valence-electron chi connectivity index (χ1n) is 5.67. The number of hydrogen-bond donors (Lipinski definition) is 1. The molecule has 0 bridgehead atoms. The summed E-state index contributed by atoms with van der Waals surface area (Å²) in [6.07, 6.45) is 3.68. The van der Waals surface area contributed by atoms with Gasteiger partial charge in [0.2, 0.25) is 0 Å². The monoisotopic (exact) mass is 193 g/mol. The Bertz CT molecular complexity index is 288. The van der Waals surface area contributed by atoms with Gasteiger partial charge in [-0.1, -0.05) is 13.8 Å². The fourth-order valence-electron chi connectivity index (χ4n) is 1.90. The number of hydrogen-bond acceptors (Lipinski definition) is 2. The molecule has 0 radical (unpaired) electrons. The Morgan fingerprint density at radius 2 is 2.21 bits per heavy atom. The standard InChI is InChI=1S/C12H19NO/c1-3-10-7-8-11(14-10)12(13-4-2)9-5-6-9/h7-9,12-13H,3-6H2,1-2H3. The van der Waals surface area contributed by atoms with E-state index in [0.717, 1.165) is 30.4 Å². The third-order valence-corrected chi connectivity index (χ3v) is 2.85. The molecule has 14 heavy (non-hydrogen) atoms. The van der Waals surface area contributed by atoms with Crippen molar-refractivity contribution in [1.29, 1.82) is 0 Å². The summed E-state index contributed by atoms with van der Waals surface area (Å²) in [6.45, 7) is 5.30. The second kappa shape index (κ2) is 4.18. The van der Waals surface area contributed by atoms with Gasteiger partial charge in [-0.2, -0.15) is 0 Å². The molecule has 1 aliphatic rings. The Kier molecular flexibility index (Phi) is 2.92. The molecule has 0 aromatic carbocycles. The van der Waals surface area contributed by atoms with Crippen LogP contribution >= 0.6 is 0 Å². The average molecular weight is 193 g/mol. The third-order valence-electron chi connectivity index (χ3n) is 2.85. The van der Waals surface area contributed by atoms with Crippen LogP contribution in [0.2, 0.25) is 0 Å². The van der Waals surface area contributed by atoms with Crippen molar-refractivity contribution < 1.29 is 4.42 Å². The molecule has 1 atom stereocenters. The predicted molar refractivity (Wildman–Crippen MR) is 57.2 cm³/mol. The van der Waals surface area contributed by atoms with Crippen LogP contribution in [0, 0.1) is 5.92 Å². The van der Waals surface area contributed by atoms with Crippen molar-refractivity contribution >= 4 is 0 Å². The maximum Gasteiger partial charge on any atom is 0.121 e. The van der Waals surface area contributed by atoms with Gasteiger partial charge in [-0.3, -0.25) is 0 Å². The highest BCUT2D eigenvalue weighted by Gasteiger charge is 2.33. The van der Waals surface area contributed by atoms with Crippen LogP contribution in [-0.4, -0.2) is 6.54 Å². The topological polar surface area (TPSA) is 25.2 Å². The SMILES string of the molecule is CCNC(c1ccc(CC)o1)C1CC1. The fraction of sp³-hybridized carbons (Fsp3) is 0.667. The molecule has 1 aromatic rings. The Balaban J connectivity index is 2.08. The molecule has 78 valence electrons. The molecular formula is C12H19NO. The van der Waals surface area contributed by atoms with Crippen LogP contribution in [0.15, 0.2) is 16.5 Å². The predicted octanol–water partition coefficient (Wildman–Crippen LogP) is 2.90. The lowest BCUT2D eigenvalue weighted by Crippen LogP contribution is -2.22. The van der Waals surface area contributed by atoms with Crippen molar-refractivity contribution in [2.75, 3.05) is 6.54 Å². The summed E-state index contributed by atoms with van der Waals surface area (Å²) < 4.78 is 5.79. The average Bonchev–Trinajstić information content (AvgIpc) is 2.92. The zero-order valence-electron chi connectivity index (χ0n) is 9.05. The lowest BCUT2D eigenvalue weighted by molar-refractivity contribution is 0.373. The van der Waals surface area contributed by atoms with E-state index in [4.69, 9.17) is 4.42 Å². The van der Waals surface area contributed by atoms with E-state index in [2.05, 4.69) is 31.3 Å². The van der Waals surface area contributed by atoms with Crippen molar-refractivity contribution in [3.05, 3.63) is 23.7 Å². The van der Waals surface area contributed by atoms with Crippen molar-refractivity contribution in [3.8, 4) is 0 Å². The molecule has 1 heterocycles. The zero-order chi connectivity index (χ0) is 9.97. The maximum absolute atomic E-state index is 5.79. The lowest BCUT2D eigenvalue weighted by atomic mass is 10.1. The minimum Gasteiger partial charge on any atom is -0.464 e. The van der Waals surface area contributed by atoms with Gasteiger partial charge < -0.3 is 9.73 Å². The van der Waals surface area contributed by atoms with Crippen LogP contribution in [0.25, 0.3) is 0 Å². The minimum absolute atomic E-state index is 0.459. The molecule has 2 rings (SSSR count). The second-order valence-electron chi connectivity index (χ2n) is 4.03. The molecule has 2 heteroatoms. The van der Waals surface area contributed by atoms with E-state index in [1.165, 1.54) is 12.8 Å². The summed E-state index contributed by atoms with van der Waals surface area (Å²) in [6, 6.07) is 4.69. The van der Waals surface area contributed by atoms with Crippen LogP contribution in [-0.2, 0) is 6.42 Å². The quantitative estimate of drug-likeness (QED) is 0.777. The summed E-state index contributed by atoms with van der Waals surface area (Å²) in [4.78, 5) is 0. The normalized spacial score (nSPS) is 18.4. The molecule has 1 aromatic heterocycles. The summed E-state index contributed by atoms with van der Waals surface area (Å²) in [7, 11) is 0. The molecule has 1 unspecified atom stereocenters. The van der Waals surface area contributed by atoms with Gasteiger partial charge in [0.05, 0.1) is 6.04 Å². The van der Waals surface area contributed by atoms with E-state index < -0.39 is 0 Å². The Hall–Kier alpha value is -0.760.